The Balaban J connectivity index is 2.29. The van der Waals surface area contributed by atoms with Crippen LogP contribution in [0.15, 0.2) is 0 Å². The van der Waals surface area contributed by atoms with Crippen molar-refractivity contribution in [1.29, 1.82) is 0 Å². The number of unbranched alkanes of at least 4 members (excludes halogenated alkanes) is 11. The van der Waals surface area contributed by atoms with E-state index in [1.54, 1.807) is 0 Å². The molecule has 0 aliphatic carbocycles. The molecule has 0 aromatic carbocycles. The van der Waals surface area contributed by atoms with E-state index in [-0.39, 0.29) is 36.4 Å². The van der Waals surface area contributed by atoms with Crippen LogP contribution in [0.2, 0.25) is 0 Å². The summed E-state index contributed by atoms with van der Waals surface area (Å²) in [4.78, 5) is 22.9. The molecule has 0 aromatic rings. The predicted molar refractivity (Wildman–Crippen MR) is 122 cm³/mol. The van der Waals surface area contributed by atoms with Crippen molar-refractivity contribution in [3.05, 3.63) is 0 Å². The van der Waals surface area contributed by atoms with Crippen LogP contribution in [0.25, 0.3) is 0 Å². The molecule has 1 rings (SSSR count). The fourth-order valence-corrected chi connectivity index (χ4v) is 4.24. The van der Waals surface area contributed by atoms with E-state index in [1.165, 1.54) is 70.6 Å². The number of hydrogen-bond acceptors (Lipinski definition) is 4. The summed E-state index contributed by atoms with van der Waals surface area (Å²) in [5.74, 6) is -0.344. The minimum absolute atomic E-state index is 0.0173. The fraction of sp³-hybridized carbons (Fsp3) is 0.920. The second-order valence-corrected chi connectivity index (χ2v) is 8.99. The van der Waals surface area contributed by atoms with E-state index in [9.17, 15) is 9.59 Å². The number of carbonyl (C=O) groups is 2. The molecule has 1 amide bonds. The summed E-state index contributed by atoms with van der Waals surface area (Å²) in [5.41, 5.74) is 5.25. The highest BCUT2D eigenvalue weighted by atomic mass is 16.6. The molecular weight excluding hydrogens is 378 g/mol. The first kappa shape index (κ1) is 26.9. The first-order valence-electron chi connectivity index (χ1n) is 12.7. The van der Waals surface area contributed by atoms with Gasteiger partial charge in [0, 0.05) is 12.8 Å². The summed E-state index contributed by atoms with van der Waals surface area (Å²) >= 11 is 0. The molecule has 1 aliphatic heterocycles. The van der Waals surface area contributed by atoms with Gasteiger partial charge in [0.25, 0.3) is 0 Å². The zero-order valence-corrected chi connectivity index (χ0v) is 19.7. The molecule has 0 saturated carbocycles. The fourth-order valence-electron chi connectivity index (χ4n) is 4.24. The van der Waals surface area contributed by atoms with E-state index < -0.39 is 0 Å². The SMILES string of the molecule is CCCCCCCCCCC[C@H](C[C@@H]1OC(=O)[C@H]1CCCCCC)OCCC(N)=O. The molecule has 3 atom stereocenters. The Morgan fingerprint density at radius 3 is 2.07 bits per heavy atom. The molecule has 30 heavy (non-hydrogen) atoms. The lowest BCUT2D eigenvalue weighted by Gasteiger charge is -2.37. The number of esters is 1. The van der Waals surface area contributed by atoms with Gasteiger partial charge in [-0.05, 0) is 12.8 Å². The molecule has 0 radical (unpaired) electrons. The zero-order valence-electron chi connectivity index (χ0n) is 19.7. The van der Waals surface area contributed by atoms with Crippen molar-refractivity contribution in [1.82, 2.24) is 0 Å². The number of primary amides is 1. The average molecular weight is 426 g/mol. The Hall–Kier alpha value is -1.10. The van der Waals surface area contributed by atoms with Gasteiger partial charge in [-0.25, -0.2) is 0 Å². The van der Waals surface area contributed by atoms with Crippen molar-refractivity contribution in [2.75, 3.05) is 6.61 Å². The molecule has 1 fully saturated rings. The number of carbonyl (C=O) groups excluding carboxylic acids is 2. The summed E-state index contributed by atoms with van der Waals surface area (Å²) in [6.45, 7) is 4.81. The van der Waals surface area contributed by atoms with Gasteiger partial charge >= 0.3 is 5.97 Å². The Labute approximate surface area is 184 Å². The van der Waals surface area contributed by atoms with Crippen molar-refractivity contribution < 1.29 is 19.1 Å². The minimum Gasteiger partial charge on any atom is -0.461 e. The standard InChI is InChI=1S/C25H47NO4/c1-3-5-7-9-10-11-12-13-14-16-21(29-19-18-24(26)27)20-23-22(25(28)30-23)17-15-8-6-4-2/h21-23H,3-20H2,1-2H3,(H2,26,27)/t21-,22+,23+/m1/s1. The van der Waals surface area contributed by atoms with Gasteiger partial charge < -0.3 is 15.2 Å². The molecule has 0 bridgehead atoms. The largest absolute Gasteiger partial charge is 0.461 e. The van der Waals surface area contributed by atoms with Gasteiger partial charge in [-0.1, -0.05) is 97.3 Å². The predicted octanol–water partition coefficient (Wildman–Crippen LogP) is 6.07. The first-order valence-corrected chi connectivity index (χ1v) is 12.7. The van der Waals surface area contributed by atoms with E-state index in [0.29, 0.717) is 6.61 Å². The third kappa shape index (κ3) is 12.6. The molecule has 0 spiro atoms. The molecule has 0 aromatic heterocycles. The van der Waals surface area contributed by atoms with Crippen LogP contribution in [0.4, 0.5) is 0 Å². The second-order valence-electron chi connectivity index (χ2n) is 8.99. The molecule has 5 nitrogen and oxygen atoms in total. The first-order chi connectivity index (χ1) is 14.6. The molecule has 176 valence electrons. The lowest BCUT2D eigenvalue weighted by Crippen LogP contribution is -2.47. The van der Waals surface area contributed by atoms with Crippen molar-refractivity contribution in [2.45, 2.75) is 135 Å². The van der Waals surface area contributed by atoms with Gasteiger partial charge in [0.05, 0.1) is 18.6 Å². The Bertz CT molecular complexity index is 454. The molecule has 1 aliphatic rings. The molecule has 2 N–H and O–H groups in total. The molecule has 1 saturated heterocycles. The lowest BCUT2D eigenvalue weighted by atomic mass is 9.86. The second kappa shape index (κ2) is 17.6. The summed E-state index contributed by atoms with van der Waals surface area (Å²) in [6, 6.07) is 0. The Kier molecular flexibility index (Phi) is 15.8. The number of hydrogen-bond donors (Lipinski definition) is 1. The highest BCUT2D eigenvalue weighted by molar-refractivity contribution is 5.78. The lowest BCUT2D eigenvalue weighted by molar-refractivity contribution is -0.189. The van der Waals surface area contributed by atoms with Crippen LogP contribution in [0.3, 0.4) is 0 Å². The highest BCUT2D eigenvalue weighted by Gasteiger charge is 2.42. The number of nitrogens with two attached hydrogens (primary N) is 1. The van der Waals surface area contributed by atoms with Crippen molar-refractivity contribution in [3.8, 4) is 0 Å². The van der Waals surface area contributed by atoms with Gasteiger partial charge in [0.1, 0.15) is 6.10 Å². The van der Waals surface area contributed by atoms with Gasteiger partial charge in [0.2, 0.25) is 5.91 Å². The highest BCUT2D eigenvalue weighted by Crippen LogP contribution is 2.32. The maximum Gasteiger partial charge on any atom is 0.313 e. The van der Waals surface area contributed by atoms with Crippen molar-refractivity contribution >= 4 is 11.9 Å². The van der Waals surface area contributed by atoms with Gasteiger partial charge in [-0.2, -0.15) is 0 Å². The number of amides is 1. The van der Waals surface area contributed by atoms with Crippen LogP contribution in [-0.4, -0.2) is 30.7 Å². The van der Waals surface area contributed by atoms with E-state index in [0.717, 1.165) is 32.1 Å². The monoisotopic (exact) mass is 425 g/mol. The van der Waals surface area contributed by atoms with Crippen LogP contribution in [0.1, 0.15) is 123 Å². The number of ether oxygens (including phenoxy) is 2. The third-order valence-corrected chi connectivity index (χ3v) is 6.21. The van der Waals surface area contributed by atoms with E-state index in [2.05, 4.69) is 13.8 Å². The Morgan fingerprint density at radius 1 is 0.933 bits per heavy atom. The normalized spacial score (nSPS) is 19.3. The maximum atomic E-state index is 11.9. The molecule has 0 unspecified atom stereocenters. The van der Waals surface area contributed by atoms with Crippen LogP contribution in [0.5, 0.6) is 0 Å². The van der Waals surface area contributed by atoms with Crippen LogP contribution in [0, 0.1) is 5.92 Å². The number of cyclic esters (lactones) is 1. The molecular formula is C25H47NO4. The van der Waals surface area contributed by atoms with Gasteiger partial charge in [0.15, 0.2) is 0 Å². The number of rotatable bonds is 21. The van der Waals surface area contributed by atoms with Crippen LogP contribution in [-0.2, 0) is 19.1 Å². The summed E-state index contributed by atoms with van der Waals surface area (Å²) in [7, 11) is 0. The smallest absolute Gasteiger partial charge is 0.313 e. The minimum atomic E-state index is -0.333. The summed E-state index contributed by atoms with van der Waals surface area (Å²) in [5, 5.41) is 0. The quantitative estimate of drug-likeness (QED) is 0.179. The molecule has 1 heterocycles. The van der Waals surface area contributed by atoms with E-state index >= 15 is 0 Å². The van der Waals surface area contributed by atoms with Crippen LogP contribution < -0.4 is 5.73 Å². The van der Waals surface area contributed by atoms with Crippen molar-refractivity contribution in [3.63, 3.8) is 0 Å². The van der Waals surface area contributed by atoms with E-state index in [4.69, 9.17) is 15.2 Å². The summed E-state index contributed by atoms with van der Waals surface area (Å²) in [6.07, 6.45) is 19.3. The molecule has 5 heteroatoms. The van der Waals surface area contributed by atoms with E-state index in [1.807, 2.05) is 0 Å². The average Bonchev–Trinajstić information content (AvgIpc) is 2.71. The third-order valence-electron chi connectivity index (χ3n) is 6.21. The van der Waals surface area contributed by atoms with Crippen molar-refractivity contribution in [2.24, 2.45) is 11.7 Å². The zero-order chi connectivity index (χ0) is 22.0. The van der Waals surface area contributed by atoms with Gasteiger partial charge in [-0.15, -0.1) is 0 Å². The summed E-state index contributed by atoms with van der Waals surface area (Å²) < 4.78 is 11.4. The Morgan fingerprint density at radius 2 is 1.50 bits per heavy atom. The van der Waals surface area contributed by atoms with Gasteiger partial charge in [-0.3, -0.25) is 9.59 Å². The topological polar surface area (TPSA) is 78.6 Å². The van der Waals surface area contributed by atoms with Crippen LogP contribution >= 0.6 is 0 Å². The maximum absolute atomic E-state index is 11.9.